The van der Waals surface area contributed by atoms with Crippen molar-refractivity contribution in [1.29, 1.82) is 0 Å². The number of para-hydroxylation sites is 1. The Morgan fingerprint density at radius 3 is 2.39 bits per heavy atom. The van der Waals surface area contributed by atoms with Gasteiger partial charge in [-0.2, -0.15) is 0 Å². The van der Waals surface area contributed by atoms with E-state index in [-0.39, 0.29) is 12.0 Å². The summed E-state index contributed by atoms with van der Waals surface area (Å²) in [5.41, 5.74) is 0. The van der Waals surface area contributed by atoms with E-state index in [4.69, 9.17) is 4.74 Å². The Balaban J connectivity index is 1.34. The number of amides is 3. The number of thiophene rings is 1. The largest absolute Gasteiger partial charge is 0.415 e. The van der Waals surface area contributed by atoms with Crippen LogP contribution in [-0.2, 0) is 16.1 Å². The van der Waals surface area contributed by atoms with Gasteiger partial charge in [-0.05, 0) is 42.3 Å². The third kappa shape index (κ3) is 5.82. The summed E-state index contributed by atoms with van der Waals surface area (Å²) in [5.74, 6) is -0.495. The molecule has 1 aliphatic heterocycles. The van der Waals surface area contributed by atoms with Crippen LogP contribution in [0.2, 0.25) is 0 Å². The van der Waals surface area contributed by atoms with Crippen LogP contribution in [0.15, 0.2) is 47.8 Å². The Hall–Kier alpha value is -2.87. The molecule has 1 aliphatic rings. The van der Waals surface area contributed by atoms with Crippen LogP contribution in [0.5, 0.6) is 5.75 Å². The van der Waals surface area contributed by atoms with Crippen molar-refractivity contribution in [3.05, 3.63) is 52.7 Å². The Morgan fingerprint density at radius 2 is 1.71 bits per heavy atom. The minimum absolute atomic E-state index is 0.231. The Bertz CT molecular complexity index is 787. The normalized spacial score (nSPS) is 14.4. The first-order valence-corrected chi connectivity index (χ1v) is 10.1. The zero-order valence-corrected chi connectivity index (χ0v) is 16.2. The molecule has 3 amide bonds. The Labute approximate surface area is 167 Å². The van der Waals surface area contributed by atoms with Gasteiger partial charge in [-0.15, -0.1) is 11.3 Å². The van der Waals surface area contributed by atoms with Gasteiger partial charge in [0.2, 0.25) is 0 Å². The number of likely N-dealkylation sites (tertiary alicyclic amines) is 1. The molecular weight excluding hydrogens is 378 g/mol. The molecule has 2 aromatic rings. The maximum Gasteiger partial charge on any atom is 0.415 e. The topological polar surface area (TPSA) is 87.7 Å². The molecule has 1 aromatic heterocycles. The van der Waals surface area contributed by atoms with E-state index in [0.29, 0.717) is 31.9 Å². The van der Waals surface area contributed by atoms with E-state index in [1.807, 2.05) is 35.7 Å². The molecule has 0 unspecified atom stereocenters. The first-order chi connectivity index (χ1) is 13.6. The quantitative estimate of drug-likeness (QED) is 0.753. The first kappa shape index (κ1) is 19.9. The lowest BCUT2D eigenvalue weighted by Crippen LogP contribution is -2.45. The molecule has 28 heavy (non-hydrogen) atoms. The highest BCUT2D eigenvalue weighted by Crippen LogP contribution is 2.18. The summed E-state index contributed by atoms with van der Waals surface area (Å²) in [7, 11) is 0. The standard InChI is InChI=1S/C20H23N3O4S/c24-18(19(25)22-14-17-7-4-12-28-17)21-13-15-8-10-23(11-9-15)20(26)27-16-5-2-1-3-6-16/h1-7,12,15H,8-11,13-14H2,(H,21,24)(H,22,25). The lowest BCUT2D eigenvalue weighted by atomic mass is 9.97. The van der Waals surface area contributed by atoms with E-state index in [2.05, 4.69) is 10.6 Å². The zero-order valence-electron chi connectivity index (χ0n) is 15.4. The number of piperidine rings is 1. The molecule has 1 aromatic carbocycles. The van der Waals surface area contributed by atoms with Gasteiger partial charge in [-0.1, -0.05) is 24.3 Å². The fraction of sp³-hybridized carbons (Fsp3) is 0.350. The second-order valence-electron chi connectivity index (χ2n) is 6.58. The smallest absolute Gasteiger partial charge is 0.410 e. The van der Waals surface area contributed by atoms with E-state index < -0.39 is 11.8 Å². The van der Waals surface area contributed by atoms with Crippen molar-refractivity contribution in [3.63, 3.8) is 0 Å². The summed E-state index contributed by atoms with van der Waals surface area (Å²) >= 11 is 1.53. The zero-order chi connectivity index (χ0) is 19.8. The van der Waals surface area contributed by atoms with E-state index in [0.717, 1.165) is 17.7 Å². The van der Waals surface area contributed by atoms with Gasteiger partial charge in [0.15, 0.2) is 0 Å². The second-order valence-corrected chi connectivity index (χ2v) is 7.62. The third-order valence-electron chi connectivity index (χ3n) is 4.58. The van der Waals surface area contributed by atoms with Gasteiger partial charge in [-0.3, -0.25) is 9.59 Å². The molecule has 1 saturated heterocycles. The molecule has 0 atom stereocenters. The van der Waals surface area contributed by atoms with Gasteiger partial charge in [0.05, 0.1) is 6.54 Å². The van der Waals surface area contributed by atoms with Crippen LogP contribution in [-0.4, -0.2) is 42.4 Å². The van der Waals surface area contributed by atoms with Crippen LogP contribution in [0.1, 0.15) is 17.7 Å². The molecule has 8 heteroatoms. The average Bonchev–Trinajstić information content (AvgIpc) is 3.25. The fourth-order valence-electron chi connectivity index (χ4n) is 2.95. The van der Waals surface area contributed by atoms with Crippen molar-refractivity contribution in [1.82, 2.24) is 15.5 Å². The number of nitrogens with zero attached hydrogens (tertiary/aromatic N) is 1. The summed E-state index contributed by atoms with van der Waals surface area (Å²) in [6.07, 6.45) is 1.14. The van der Waals surface area contributed by atoms with Crippen molar-refractivity contribution in [3.8, 4) is 5.75 Å². The summed E-state index contributed by atoms with van der Waals surface area (Å²) in [6, 6.07) is 12.8. The van der Waals surface area contributed by atoms with E-state index in [1.54, 1.807) is 17.0 Å². The van der Waals surface area contributed by atoms with E-state index >= 15 is 0 Å². The minimum atomic E-state index is -0.628. The van der Waals surface area contributed by atoms with Gasteiger partial charge in [-0.25, -0.2) is 4.79 Å². The van der Waals surface area contributed by atoms with Crippen LogP contribution < -0.4 is 15.4 Å². The maximum absolute atomic E-state index is 12.2. The monoisotopic (exact) mass is 401 g/mol. The summed E-state index contributed by atoms with van der Waals surface area (Å²) in [5, 5.41) is 7.21. The first-order valence-electron chi connectivity index (χ1n) is 9.22. The van der Waals surface area contributed by atoms with Gasteiger partial charge >= 0.3 is 17.9 Å². The highest BCUT2D eigenvalue weighted by atomic mass is 32.1. The number of carbonyl (C=O) groups is 3. The Morgan fingerprint density at radius 1 is 1.00 bits per heavy atom. The van der Waals surface area contributed by atoms with Crippen molar-refractivity contribution in [2.24, 2.45) is 5.92 Å². The molecule has 0 saturated carbocycles. The van der Waals surface area contributed by atoms with Crippen LogP contribution in [0.4, 0.5) is 4.79 Å². The molecule has 0 aliphatic carbocycles. The molecule has 0 bridgehead atoms. The molecule has 2 N–H and O–H groups in total. The predicted molar refractivity (Wildman–Crippen MR) is 106 cm³/mol. The predicted octanol–water partition coefficient (Wildman–Crippen LogP) is 2.39. The number of nitrogens with one attached hydrogen (secondary N) is 2. The van der Waals surface area contributed by atoms with Gasteiger partial charge in [0.25, 0.3) is 0 Å². The van der Waals surface area contributed by atoms with Gasteiger partial charge < -0.3 is 20.3 Å². The van der Waals surface area contributed by atoms with Gasteiger partial charge in [0, 0.05) is 24.5 Å². The highest BCUT2D eigenvalue weighted by Gasteiger charge is 2.25. The van der Waals surface area contributed by atoms with Crippen LogP contribution in [0.3, 0.4) is 0 Å². The second kappa shape index (κ2) is 9.89. The third-order valence-corrected chi connectivity index (χ3v) is 5.46. The van der Waals surface area contributed by atoms with Crippen molar-refractivity contribution in [2.45, 2.75) is 19.4 Å². The van der Waals surface area contributed by atoms with Gasteiger partial charge in [0.1, 0.15) is 5.75 Å². The van der Waals surface area contributed by atoms with Crippen molar-refractivity contribution < 1.29 is 19.1 Å². The minimum Gasteiger partial charge on any atom is -0.410 e. The number of hydrogen-bond acceptors (Lipinski definition) is 5. The van der Waals surface area contributed by atoms with Crippen molar-refractivity contribution in [2.75, 3.05) is 19.6 Å². The molecule has 0 radical (unpaired) electrons. The average molecular weight is 401 g/mol. The van der Waals surface area contributed by atoms with E-state index in [9.17, 15) is 14.4 Å². The molecule has 1 fully saturated rings. The lowest BCUT2D eigenvalue weighted by Gasteiger charge is -2.31. The maximum atomic E-state index is 12.2. The molecule has 2 heterocycles. The summed E-state index contributed by atoms with van der Waals surface area (Å²) < 4.78 is 5.34. The summed E-state index contributed by atoms with van der Waals surface area (Å²) in [6.45, 7) is 1.91. The number of rotatable bonds is 5. The van der Waals surface area contributed by atoms with Crippen LogP contribution in [0.25, 0.3) is 0 Å². The lowest BCUT2D eigenvalue weighted by molar-refractivity contribution is -0.139. The summed E-state index contributed by atoms with van der Waals surface area (Å²) in [4.78, 5) is 38.6. The number of ether oxygens (including phenoxy) is 1. The molecule has 7 nitrogen and oxygen atoms in total. The molecular formula is C20H23N3O4S. The Kier molecular flexibility index (Phi) is 7.02. The molecule has 148 valence electrons. The SMILES string of the molecule is O=C(NCc1cccs1)C(=O)NCC1CCN(C(=O)Oc2ccccc2)CC1. The van der Waals surface area contributed by atoms with Crippen LogP contribution >= 0.6 is 11.3 Å². The number of benzene rings is 1. The molecule has 0 spiro atoms. The van der Waals surface area contributed by atoms with Crippen LogP contribution in [0, 0.1) is 5.92 Å². The van der Waals surface area contributed by atoms with Crippen molar-refractivity contribution >= 4 is 29.2 Å². The molecule has 3 rings (SSSR count). The number of carbonyl (C=O) groups excluding carboxylic acids is 3. The van der Waals surface area contributed by atoms with E-state index in [1.165, 1.54) is 11.3 Å². The fourth-order valence-corrected chi connectivity index (χ4v) is 3.60. The number of hydrogen-bond donors (Lipinski definition) is 2. The highest BCUT2D eigenvalue weighted by molar-refractivity contribution is 7.09.